The average molecular weight is 905 g/mol. The molecular formula is C46H75Cl2NO12. The first kappa shape index (κ1) is 50.4. The minimum Gasteiger partial charge on any atom is -0.481 e. The lowest BCUT2D eigenvalue weighted by Crippen LogP contribution is -2.66. The maximum atomic E-state index is 14.7. The van der Waals surface area contributed by atoms with Crippen LogP contribution in [0.2, 0.25) is 0 Å². The summed E-state index contributed by atoms with van der Waals surface area (Å²) in [4.78, 5) is 40.0. The van der Waals surface area contributed by atoms with E-state index in [1.807, 2.05) is 60.6 Å². The molecule has 0 saturated carbocycles. The predicted octanol–water partition coefficient (Wildman–Crippen LogP) is 7.77. The molecule has 4 N–H and O–H groups in total. The van der Waals surface area contributed by atoms with Gasteiger partial charge >= 0.3 is 12.1 Å². The van der Waals surface area contributed by atoms with Crippen LogP contribution in [0.3, 0.4) is 0 Å². The van der Waals surface area contributed by atoms with Gasteiger partial charge in [0.25, 0.3) is 0 Å². The molecule has 5 aliphatic rings. The van der Waals surface area contributed by atoms with Gasteiger partial charge in [-0.2, -0.15) is 0 Å². The van der Waals surface area contributed by atoms with Crippen molar-refractivity contribution in [2.24, 2.45) is 41.4 Å². The third kappa shape index (κ3) is 10.3. The van der Waals surface area contributed by atoms with E-state index in [0.29, 0.717) is 57.8 Å². The Kier molecular flexibility index (Phi) is 16.8. The van der Waals surface area contributed by atoms with Crippen molar-refractivity contribution in [3.05, 3.63) is 12.2 Å². The second kappa shape index (κ2) is 20.3. The van der Waals surface area contributed by atoms with Crippen LogP contribution in [0.1, 0.15) is 133 Å². The molecule has 18 atom stereocenters. The first-order chi connectivity index (χ1) is 28.7. The van der Waals surface area contributed by atoms with E-state index < -0.39 is 101 Å². The van der Waals surface area contributed by atoms with E-state index >= 15 is 0 Å². The molecule has 0 aromatic rings. The smallest absolute Gasteiger partial charge is 0.408 e. The molecule has 2 spiro atoms. The fourth-order valence-corrected chi connectivity index (χ4v) is 11.5. The van der Waals surface area contributed by atoms with Gasteiger partial charge in [0.15, 0.2) is 11.6 Å². The number of carbonyl (C=O) groups excluding carboxylic acids is 2. The summed E-state index contributed by atoms with van der Waals surface area (Å²) < 4.78 is 39.9. The number of nitrogens with one attached hydrogen (secondary N) is 1. The molecule has 0 bridgehead atoms. The lowest BCUT2D eigenvalue weighted by Gasteiger charge is -2.55. The first-order valence-corrected chi connectivity index (χ1v) is 24.1. The standard InChI is InChI=1S/C46H75Cl2NO12/c1-11-32(41(52)53)34-15-14-25(4)39(58-34)29(8)37(50)28(7)38(51)33(12-2)40-26(5)22-27(6)45(59-40)19-16-35(49-42(54)57-31(23-47)24-48)46(61-45)21-20-43(10,60-46)36-17-18-44(55,13-3)30(9)56-36/h16,19,25-37,39-40,50,55H,11-15,17-18,20-24H2,1-10H3,(H,49,54)(H,52,53)/t25-,26-,27+,28-,29-,30-,32+,33-,34+,35+,36+,37+,39+,40-,43-,44+,45-,46-/m0/s1. The van der Waals surface area contributed by atoms with Crippen LogP contribution in [0.25, 0.3) is 0 Å². The summed E-state index contributed by atoms with van der Waals surface area (Å²) in [7, 11) is 0. The quantitative estimate of drug-likeness (QED) is 0.0875. The van der Waals surface area contributed by atoms with Crippen molar-refractivity contribution in [1.29, 1.82) is 0 Å². The molecule has 13 nitrogen and oxygen atoms in total. The van der Waals surface area contributed by atoms with Gasteiger partial charge in [0.2, 0.25) is 0 Å². The molecule has 0 unspecified atom stereocenters. The van der Waals surface area contributed by atoms with Crippen LogP contribution in [0.15, 0.2) is 12.2 Å². The Labute approximate surface area is 373 Å². The van der Waals surface area contributed by atoms with E-state index in [4.69, 9.17) is 51.6 Å². The van der Waals surface area contributed by atoms with Gasteiger partial charge in [-0.1, -0.05) is 61.5 Å². The van der Waals surface area contributed by atoms with Gasteiger partial charge in [-0.05, 0) is 89.5 Å². The highest BCUT2D eigenvalue weighted by atomic mass is 35.5. The van der Waals surface area contributed by atoms with E-state index in [1.54, 1.807) is 6.92 Å². The Bertz CT molecular complexity index is 1550. The van der Waals surface area contributed by atoms with Crippen LogP contribution in [-0.4, -0.2) is 116 Å². The Morgan fingerprint density at radius 3 is 2.16 bits per heavy atom. The summed E-state index contributed by atoms with van der Waals surface area (Å²) in [6.07, 6.45) is 4.49. The lowest BCUT2D eigenvalue weighted by molar-refractivity contribution is -0.398. The van der Waals surface area contributed by atoms with Crippen molar-refractivity contribution in [3.8, 4) is 0 Å². The molecule has 5 aliphatic heterocycles. The highest BCUT2D eigenvalue weighted by Crippen LogP contribution is 2.54. The largest absolute Gasteiger partial charge is 0.481 e. The summed E-state index contributed by atoms with van der Waals surface area (Å²) in [5.74, 6) is -6.30. The molecule has 350 valence electrons. The van der Waals surface area contributed by atoms with Gasteiger partial charge in [-0.25, -0.2) is 4.79 Å². The predicted molar refractivity (Wildman–Crippen MR) is 231 cm³/mol. The summed E-state index contributed by atoms with van der Waals surface area (Å²) in [6.45, 7) is 19.5. The summed E-state index contributed by atoms with van der Waals surface area (Å²) in [5, 5.41) is 35.8. The fourth-order valence-electron chi connectivity index (χ4n) is 11.1. The number of Topliss-reactive ketones (excluding diaryl/α,β-unsaturated/α-hetero) is 1. The zero-order valence-electron chi connectivity index (χ0n) is 38.1. The minimum atomic E-state index is -1.43. The number of ketones is 1. The maximum Gasteiger partial charge on any atom is 0.408 e. The maximum absolute atomic E-state index is 14.7. The van der Waals surface area contributed by atoms with E-state index in [2.05, 4.69) is 19.2 Å². The Hall–Kier alpha value is -1.55. The summed E-state index contributed by atoms with van der Waals surface area (Å²) in [5.41, 5.74) is -1.79. The number of hydrogen-bond donors (Lipinski definition) is 4. The number of carbonyl (C=O) groups is 3. The van der Waals surface area contributed by atoms with E-state index in [-0.39, 0.29) is 41.4 Å². The third-order valence-electron chi connectivity index (χ3n) is 15.4. The van der Waals surface area contributed by atoms with E-state index in [9.17, 15) is 29.7 Å². The number of aliphatic carboxylic acids is 1. The number of ether oxygens (including phenoxy) is 6. The lowest BCUT2D eigenvalue weighted by atomic mass is 9.72. The van der Waals surface area contributed by atoms with E-state index in [1.165, 1.54) is 0 Å². The number of aliphatic hydroxyl groups is 2. The molecule has 4 saturated heterocycles. The number of rotatable bonds is 16. The van der Waals surface area contributed by atoms with Crippen LogP contribution in [-0.2, 0) is 38.0 Å². The number of alkyl carbamates (subject to hydrolysis) is 1. The average Bonchev–Trinajstić information content (AvgIpc) is 3.57. The third-order valence-corrected chi connectivity index (χ3v) is 16.1. The second-order valence-corrected chi connectivity index (χ2v) is 20.0. The second-order valence-electron chi connectivity index (χ2n) is 19.4. The van der Waals surface area contributed by atoms with Gasteiger partial charge in [0.1, 0.15) is 17.9 Å². The topological polar surface area (TPSA) is 179 Å². The highest BCUT2D eigenvalue weighted by Gasteiger charge is 2.63. The molecular weight excluding hydrogens is 829 g/mol. The zero-order chi connectivity index (χ0) is 45.2. The molecule has 0 aliphatic carbocycles. The van der Waals surface area contributed by atoms with Crippen LogP contribution in [0.4, 0.5) is 4.79 Å². The summed E-state index contributed by atoms with van der Waals surface area (Å²) in [6, 6.07) is -0.812. The van der Waals surface area contributed by atoms with Crippen LogP contribution < -0.4 is 5.32 Å². The van der Waals surface area contributed by atoms with Crippen LogP contribution in [0, 0.1) is 41.4 Å². The molecule has 5 heterocycles. The molecule has 0 aromatic heterocycles. The molecule has 1 amide bonds. The first-order valence-electron chi connectivity index (χ1n) is 23.0. The van der Waals surface area contributed by atoms with Gasteiger partial charge in [-0.3, -0.25) is 9.59 Å². The Morgan fingerprint density at radius 2 is 1.57 bits per heavy atom. The molecule has 61 heavy (non-hydrogen) atoms. The number of carboxylic acids is 1. The minimum absolute atomic E-state index is 0.0228. The van der Waals surface area contributed by atoms with Gasteiger partial charge in [0, 0.05) is 30.1 Å². The Morgan fingerprint density at radius 1 is 0.902 bits per heavy atom. The number of hydrogen-bond acceptors (Lipinski definition) is 11. The number of halogens is 2. The van der Waals surface area contributed by atoms with Crippen molar-refractivity contribution >= 4 is 41.0 Å². The normalized spacial score (nSPS) is 41.6. The highest BCUT2D eigenvalue weighted by molar-refractivity contribution is 6.21. The molecule has 15 heteroatoms. The summed E-state index contributed by atoms with van der Waals surface area (Å²) >= 11 is 12.0. The van der Waals surface area contributed by atoms with Crippen molar-refractivity contribution in [2.75, 3.05) is 11.8 Å². The molecule has 5 rings (SSSR count). The van der Waals surface area contributed by atoms with Gasteiger partial charge in [-0.15, -0.1) is 23.2 Å². The van der Waals surface area contributed by atoms with Crippen molar-refractivity contribution in [3.63, 3.8) is 0 Å². The fraction of sp³-hybridized carbons (Fsp3) is 0.891. The van der Waals surface area contributed by atoms with Crippen LogP contribution in [0.5, 0.6) is 0 Å². The number of alkyl halides is 2. The van der Waals surface area contributed by atoms with Gasteiger partial charge < -0.3 is 49.1 Å². The van der Waals surface area contributed by atoms with Crippen LogP contribution >= 0.6 is 23.2 Å². The Balaban J connectivity index is 1.40. The zero-order valence-corrected chi connectivity index (χ0v) is 39.6. The SMILES string of the molecule is CC[C@@H](C(=O)[C@@H](C)[C@@H](O)[C@H](C)[C@@H]1O[C@@H]([C@@H](CC)C(=O)O)CC[C@@H]1C)[C@H]1O[C@]2(C=C[C@@H](NC(=O)OC(CCl)CCl)[C@]3(CC[C@@](C)([C@H]4CC[C@](O)(CC)[C@H](C)O4)O3)O2)[C@H](C)C[C@@H]1C. The number of amides is 1. The van der Waals surface area contributed by atoms with Crippen molar-refractivity contribution in [1.82, 2.24) is 5.32 Å². The monoisotopic (exact) mass is 903 g/mol. The van der Waals surface area contributed by atoms with Crippen molar-refractivity contribution < 1.29 is 58.1 Å². The molecule has 0 radical (unpaired) electrons. The molecule has 0 aromatic carbocycles. The number of aliphatic hydroxyl groups excluding tert-OH is 1. The van der Waals surface area contributed by atoms with E-state index in [0.717, 1.165) is 6.42 Å². The van der Waals surface area contributed by atoms with Crippen molar-refractivity contribution in [2.45, 2.75) is 205 Å². The number of carboxylic acid groups (broad SMARTS) is 1. The molecule has 4 fully saturated rings. The van der Waals surface area contributed by atoms with Gasteiger partial charge in [0.05, 0.1) is 65.5 Å².